The first-order valence-corrected chi connectivity index (χ1v) is 15.0. The molecule has 2 aromatic rings. The average molecular weight is 547 g/mol. The van der Waals surface area contributed by atoms with Gasteiger partial charge in [-0.3, -0.25) is 4.79 Å². The third kappa shape index (κ3) is 5.59. The van der Waals surface area contributed by atoms with E-state index in [-0.39, 0.29) is 17.8 Å². The number of hydrogen-bond donors (Lipinski definition) is 2. The second-order valence-electron chi connectivity index (χ2n) is 11.9. The van der Waals surface area contributed by atoms with E-state index in [1.165, 1.54) is 57.2 Å². The highest BCUT2D eigenvalue weighted by atomic mass is 16.2. The Balaban J connectivity index is 1.12. The minimum atomic E-state index is -0.616. The number of urea groups is 1. The Morgan fingerprint density at radius 1 is 0.925 bits per heavy atom. The van der Waals surface area contributed by atoms with Gasteiger partial charge in [0, 0.05) is 45.0 Å². The Morgan fingerprint density at radius 3 is 2.33 bits per heavy atom. The predicted molar refractivity (Wildman–Crippen MR) is 156 cm³/mol. The van der Waals surface area contributed by atoms with Gasteiger partial charge in [0.25, 0.3) is 5.91 Å². The summed E-state index contributed by atoms with van der Waals surface area (Å²) in [5.41, 5.74) is 8.00. The van der Waals surface area contributed by atoms with Crippen LogP contribution >= 0.6 is 0 Å². The smallest absolute Gasteiger partial charge is 0.320 e. The van der Waals surface area contributed by atoms with Crippen LogP contribution in [0.25, 0.3) is 0 Å². The fourth-order valence-corrected chi connectivity index (χ4v) is 7.07. The molecule has 1 unspecified atom stereocenters. The maximum absolute atomic E-state index is 12.6. The molecule has 1 aromatic heterocycles. The molecule has 4 fully saturated rings. The van der Waals surface area contributed by atoms with Gasteiger partial charge in [-0.1, -0.05) is 25.0 Å². The molecule has 0 spiro atoms. The number of rotatable bonds is 7. The number of nitrogens with two attached hydrogens (primary N) is 1. The molecule has 40 heavy (non-hydrogen) atoms. The molecule has 4 heterocycles. The lowest BCUT2D eigenvalue weighted by Gasteiger charge is -2.37. The number of anilines is 3. The SMILES string of the molecule is CN1CCN(C2CCCN(c3cnc(C(N)=O)c(Nc4ccc(C5CCN(C6CCCC6)CC5)cc4)n3)C2)C1=O. The summed E-state index contributed by atoms with van der Waals surface area (Å²) in [6, 6.07) is 9.54. The van der Waals surface area contributed by atoms with Crippen LogP contribution in [0.2, 0.25) is 0 Å². The number of aromatic nitrogens is 2. The van der Waals surface area contributed by atoms with Gasteiger partial charge in [0.05, 0.1) is 12.2 Å². The molecule has 4 aliphatic rings. The van der Waals surface area contributed by atoms with Crippen LogP contribution in [0.5, 0.6) is 0 Å². The van der Waals surface area contributed by atoms with Crippen molar-refractivity contribution < 1.29 is 9.59 Å². The normalized spacial score (nSPS) is 23.3. The summed E-state index contributed by atoms with van der Waals surface area (Å²) >= 11 is 0. The second kappa shape index (κ2) is 11.6. The fourth-order valence-electron chi connectivity index (χ4n) is 7.07. The van der Waals surface area contributed by atoms with E-state index in [1.807, 2.05) is 11.9 Å². The van der Waals surface area contributed by atoms with E-state index in [4.69, 9.17) is 10.7 Å². The van der Waals surface area contributed by atoms with Gasteiger partial charge in [0.2, 0.25) is 0 Å². The second-order valence-corrected chi connectivity index (χ2v) is 11.9. The molecule has 3 aliphatic heterocycles. The van der Waals surface area contributed by atoms with Crippen molar-refractivity contribution in [2.75, 3.05) is 56.5 Å². The van der Waals surface area contributed by atoms with Crippen LogP contribution in [0.4, 0.5) is 22.1 Å². The Hall–Kier alpha value is -3.40. The van der Waals surface area contributed by atoms with E-state index in [2.05, 4.69) is 44.4 Å². The van der Waals surface area contributed by atoms with E-state index < -0.39 is 5.91 Å². The zero-order chi connectivity index (χ0) is 27.6. The minimum Gasteiger partial charge on any atom is -0.364 e. The van der Waals surface area contributed by atoms with Crippen LogP contribution in [0, 0.1) is 0 Å². The van der Waals surface area contributed by atoms with E-state index in [0.717, 1.165) is 44.2 Å². The first-order valence-electron chi connectivity index (χ1n) is 15.0. The van der Waals surface area contributed by atoms with Crippen LogP contribution in [-0.2, 0) is 0 Å². The van der Waals surface area contributed by atoms with Gasteiger partial charge < -0.3 is 30.7 Å². The number of benzene rings is 1. The summed E-state index contributed by atoms with van der Waals surface area (Å²) in [7, 11) is 1.85. The summed E-state index contributed by atoms with van der Waals surface area (Å²) in [5.74, 6) is 1.02. The van der Waals surface area contributed by atoms with Crippen molar-refractivity contribution in [1.29, 1.82) is 0 Å². The van der Waals surface area contributed by atoms with E-state index in [0.29, 0.717) is 24.1 Å². The number of likely N-dealkylation sites (tertiary alicyclic amines) is 1. The van der Waals surface area contributed by atoms with Crippen molar-refractivity contribution in [3.05, 3.63) is 41.7 Å². The zero-order valence-corrected chi connectivity index (χ0v) is 23.6. The minimum absolute atomic E-state index is 0.0900. The van der Waals surface area contributed by atoms with Crippen LogP contribution < -0.4 is 16.0 Å². The van der Waals surface area contributed by atoms with Crippen molar-refractivity contribution in [3.63, 3.8) is 0 Å². The van der Waals surface area contributed by atoms with E-state index >= 15 is 0 Å². The number of amides is 3. The maximum Gasteiger partial charge on any atom is 0.320 e. The molecule has 3 amide bonds. The highest BCUT2D eigenvalue weighted by Gasteiger charge is 2.35. The van der Waals surface area contributed by atoms with Gasteiger partial charge >= 0.3 is 6.03 Å². The lowest BCUT2D eigenvalue weighted by Crippen LogP contribution is -2.49. The Bertz CT molecular complexity index is 1210. The molecule has 10 nitrogen and oxygen atoms in total. The molecular weight excluding hydrogens is 504 g/mol. The third-order valence-electron chi connectivity index (χ3n) is 9.42. The molecule has 0 bridgehead atoms. The lowest BCUT2D eigenvalue weighted by molar-refractivity contribution is 0.0996. The summed E-state index contributed by atoms with van der Waals surface area (Å²) in [5, 5.41) is 3.31. The first-order chi connectivity index (χ1) is 19.5. The lowest BCUT2D eigenvalue weighted by atomic mass is 9.88. The number of nitrogens with zero attached hydrogens (tertiary/aromatic N) is 6. The predicted octanol–water partition coefficient (Wildman–Crippen LogP) is 3.78. The molecule has 3 N–H and O–H groups in total. The zero-order valence-electron chi connectivity index (χ0n) is 23.6. The summed E-state index contributed by atoms with van der Waals surface area (Å²) < 4.78 is 0. The molecule has 1 aromatic carbocycles. The van der Waals surface area contributed by atoms with Gasteiger partial charge in [0.1, 0.15) is 5.82 Å². The number of carbonyl (C=O) groups is 2. The maximum atomic E-state index is 12.6. The highest BCUT2D eigenvalue weighted by molar-refractivity contribution is 5.96. The number of likely N-dealkylation sites (N-methyl/N-ethyl adjacent to an activating group) is 1. The molecule has 10 heteroatoms. The molecular formula is C30H42N8O2. The quantitative estimate of drug-likeness (QED) is 0.544. The average Bonchev–Trinajstić information content (AvgIpc) is 3.64. The fraction of sp³-hybridized carbons (Fsp3) is 0.600. The van der Waals surface area contributed by atoms with Crippen molar-refractivity contribution in [2.45, 2.75) is 69.4 Å². The van der Waals surface area contributed by atoms with Crippen molar-refractivity contribution in [1.82, 2.24) is 24.7 Å². The number of carbonyl (C=O) groups excluding carboxylic acids is 2. The van der Waals surface area contributed by atoms with Crippen molar-refractivity contribution in [3.8, 4) is 0 Å². The van der Waals surface area contributed by atoms with Crippen LogP contribution in [0.15, 0.2) is 30.5 Å². The van der Waals surface area contributed by atoms with E-state index in [1.54, 1.807) is 11.1 Å². The van der Waals surface area contributed by atoms with Gasteiger partial charge in [-0.2, -0.15) is 0 Å². The molecule has 1 aliphatic carbocycles. The van der Waals surface area contributed by atoms with Crippen LogP contribution in [-0.4, -0.2) is 95.0 Å². The van der Waals surface area contributed by atoms with Crippen molar-refractivity contribution in [2.24, 2.45) is 5.73 Å². The number of nitrogens with one attached hydrogen (secondary N) is 1. The number of piperidine rings is 2. The molecule has 6 rings (SSSR count). The first kappa shape index (κ1) is 26.8. The van der Waals surface area contributed by atoms with Crippen LogP contribution in [0.1, 0.15) is 73.3 Å². The Kier molecular flexibility index (Phi) is 7.78. The molecule has 0 radical (unpaired) electrons. The van der Waals surface area contributed by atoms with Gasteiger partial charge in [-0.25, -0.2) is 14.8 Å². The largest absolute Gasteiger partial charge is 0.364 e. The highest BCUT2D eigenvalue weighted by Crippen LogP contribution is 2.33. The number of hydrogen-bond acceptors (Lipinski definition) is 7. The molecule has 1 atom stereocenters. The van der Waals surface area contributed by atoms with Gasteiger partial charge in [-0.15, -0.1) is 0 Å². The van der Waals surface area contributed by atoms with E-state index in [9.17, 15) is 9.59 Å². The third-order valence-corrected chi connectivity index (χ3v) is 9.42. The van der Waals surface area contributed by atoms with Gasteiger partial charge in [-0.05, 0) is 75.2 Å². The Labute approximate surface area is 236 Å². The van der Waals surface area contributed by atoms with Crippen LogP contribution in [0.3, 0.4) is 0 Å². The summed E-state index contributed by atoms with van der Waals surface area (Å²) in [6.45, 7) is 5.42. The Morgan fingerprint density at radius 2 is 1.65 bits per heavy atom. The summed E-state index contributed by atoms with van der Waals surface area (Å²) in [4.78, 5) is 42.5. The molecule has 214 valence electrons. The molecule has 3 saturated heterocycles. The van der Waals surface area contributed by atoms with Crippen molar-refractivity contribution >= 4 is 29.3 Å². The number of primary amides is 1. The topological polar surface area (TPSA) is 111 Å². The monoisotopic (exact) mass is 546 g/mol. The standard InChI is InChI=1S/C30H42N8O2/c1-35-17-18-38(30(35)40)25-7-4-14-37(20-25)26-19-32-27(28(31)39)29(34-26)33-23-10-8-21(9-11-23)22-12-15-36(16-13-22)24-5-2-3-6-24/h8-11,19,22,24-25H,2-7,12-18,20H2,1H3,(H2,31,39)(H,33,34). The van der Waals surface area contributed by atoms with Gasteiger partial charge in [0.15, 0.2) is 11.5 Å². The molecule has 1 saturated carbocycles. The summed E-state index contributed by atoms with van der Waals surface area (Å²) in [6.07, 6.45) is 11.5.